The van der Waals surface area contributed by atoms with E-state index in [1.165, 1.54) is 0 Å². The largest absolute Gasteiger partial charge is 0.496 e. The third-order valence-corrected chi connectivity index (χ3v) is 3.52. The average Bonchev–Trinajstić information content (AvgIpc) is 2.97. The highest BCUT2D eigenvalue weighted by Gasteiger charge is 2.12. The maximum atomic E-state index is 12.1. The molecule has 2 heterocycles. The molecule has 0 aliphatic carbocycles. The number of methoxy groups -OCH3 is 1. The summed E-state index contributed by atoms with van der Waals surface area (Å²) in [7, 11) is 1.64. The van der Waals surface area contributed by atoms with Crippen LogP contribution in [-0.2, 0) is 0 Å². The Balaban J connectivity index is 2.01. The lowest BCUT2D eigenvalue weighted by atomic mass is 10.1. The maximum absolute atomic E-state index is 12.1. The van der Waals surface area contributed by atoms with E-state index in [1.54, 1.807) is 19.4 Å². The summed E-state index contributed by atoms with van der Waals surface area (Å²) in [5.41, 5.74) is 3.12. The standard InChI is InChI=1S/C18H19N3O2/c1-12(2)19-18(22)13-8-9-17-20-15(11-21(17)10-13)14-6-4-5-7-16(14)23-3/h4-12H,1-3H3,(H,19,22). The molecule has 0 unspecified atom stereocenters. The van der Waals surface area contributed by atoms with Crippen molar-refractivity contribution < 1.29 is 9.53 Å². The minimum absolute atomic E-state index is 0.0885. The van der Waals surface area contributed by atoms with E-state index in [1.807, 2.05) is 54.8 Å². The van der Waals surface area contributed by atoms with E-state index in [0.717, 1.165) is 22.7 Å². The molecular weight excluding hydrogens is 290 g/mol. The molecule has 1 aromatic carbocycles. The van der Waals surface area contributed by atoms with Crippen LogP contribution >= 0.6 is 0 Å². The number of fused-ring (bicyclic) bond motifs is 1. The molecule has 5 nitrogen and oxygen atoms in total. The Morgan fingerprint density at radius 2 is 1.96 bits per heavy atom. The lowest BCUT2D eigenvalue weighted by molar-refractivity contribution is 0.0942. The van der Waals surface area contributed by atoms with Gasteiger partial charge in [0.25, 0.3) is 5.91 Å². The molecule has 118 valence electrons. The van der Waals surface area contributed by atoms with Crippen molar-refractivity contribution in [1.29, 1.82) is 0 Å². The van der Waals surface area contributed by atoms with Crippen molar-refractivity contribution in [3.05, 3.63) is 54.4 Å². The van der Waals surface area contributed by atoms with Gasteiger partial charge in [0.1, 0.15) is 11.4 Å². The summed E-state index contributed by atoms with van der Waals surface area (Å²) < 4.78 is 7.25. The molecule has 0 saturated carbocycles. The van der Waals surface area contributed by atoms with E-state index in [-0.39, 0.29) is 11.9 Å². The second-order valence-corrected chi connectivity index (χ2v) is 5.64. The smallest absolute Gasteiger partial charge is 0.252 e. The number of nitrogens with zero attached hydrogens (tertiary/aromatic N) is 2. The molecule has 2 aromatic heterocycles. The number of nitrogens with one attached hydrogen (secondary N) is 1. The van der Waals surface area contributed by atoms with Crippen LogP contribution in [0.1, 0.15) is 24.2 Å². The number of hydrogen-bond donors (Lipinski definition) is 1. The van der Waals surface area contributed by atoms with E-state index in [2.05, 4.69) is 10.3 Å². The van der Waals surface area contributed by atoms with Gasteiger partial charge < -0.3 is 14.5 Å². The van der Waals surface area contributed by atoms with Crippen molar-refractivity contribution in [2.45, 2.75) is 19.9 Å². The van der Waals surface area contributed by atoms with Crippen LogP contribution in [0.4, 0.5) is 0 Å². The summed E-state index contributed by atoms with van der Waals surface area (Å²) in [6, 6.07) is 11.5. The summed E-state index contributed by atoms with van der Waals surface area (Å²) in [4.78, 5) is 16.7. The molecule has 0 radical (unpaired) electrons. The molecule has 0 fully saturated rings. The number of rotatable bonds is 4. The first-order valence-corrected chi connectivity index (χ1v) is 7.51. The molecule has 0 aliphatic heterocycles. The molecule has 3 rings (SSSR count). The first-order chi connectivity index (χ1) is 11.1. The fraction of sp³-hybridized carbons (Fsp3) is 0.222. The highest BCUT2D eigenvalue weighted by Crippen LogP contribution is 2.28. The normalized spacial score (nSPS) is 11.0. The van der Waals surface area contributed by atoms with Crippen molar-refractivity contribution in [2.75, 3.05) is 7.11 Å². The Labute approximate surface area is 134 Å². The lowest BCUT2D eigenvalue weighted by Crippen LogP contribution is -2.30. The van der Waals surface area contributed by atoms with E-state index in [9.17, 15) is 4.79 Å². The van der Waals surface area contributed by atoms with Crippen LogP contribution in [0, 0.1) is 0 Å². The molecule has 0 spiro atoms. The fourth-order valence-electron chi connectivity index (χ4n) is 2.46. The van der Waals surface area contributed by atoms with Gasteiger partial charge in [0, 0.05) is 24.0 Å². The van der Waals surface area contributed by atoms with Crippen molar-refractivity contribution in [3.63, 3.8) is 0 Å². The molecule has 0 bridgehead atoms. The van der Waals surface area contributed by atoms with Crippen LogP contribution in [0.15, 0.2) is 48.8 Å². The van der Waals surface area contributed by atoms with Gasteiger partial charge in [0.05, 0.1) is 18.4 Å². The van der Waals surface area contributed by atoms with Crippen molar-refractivity contribution >= 4 is 11.6 Å². The van der Waals surface area contributed by atoms with Crippen molar-refractivity contribution in [3.8, 4) is 17.0 Å². The lowest BCUT2D eigenvalue weighted by Gasteiger charge is -2.08. The van der Waals surface area contributed by atoms with Crippen LogP contribution < -0.4 is 10.1 Å². The predicted octanol–water partition coefficient (Wildman–Crippen LogP) is 3.15. The molecule has 5 heteroatoms. The van der Waals surface area contributed by atoms with Crippen LogP contribution in [0.5, 0.6) is 5.75 Å². The van der Waals surface area contributed by atoms with E-state index >= 15 is 0 Å². The van der Waals surface area contributed by atoms with Gasteiger partial charge in [0.15, 0.2) is 0 Å². The molecule has 3 aromatic rings. The second-order valence-electron chi connectivity index (χ2n) is 5.64. The number of carbonyl (C=O) groups excluding carboxylic acids is 1. The highest BCUT2D eigenvalue weighted by atomic mass is 16.5. The quantitative estimate of drug-likeness (QED) is 0.805. The Hall–Kier alpha value is -2.82. The second kappa shape index (κ2) is 6.12. The van der Waals surface area contributed by atoms with Crippen LogP contribution in [-0.4, -0.2) is 28.4 Å². The Kier molecular flexibility index (Phi) is 4.02. The van der Waals surface area contributed by atoms with Gasteiger partial charge in [-0.1, -0.05) is 12.1 Å². The number of pyridine rings is 1. The maximum Gasteiger partial charge on any atom is 0.252 e. The Morgan fingerprint density at radius 1 is 1.17 bits per heavy atom. The van der Waals surface area contributed by atoms with Crippen LogP contribution in [0.3, 0.4) is 0 Å². The summed E-state index contributed by atoms with van der Waals surface area (Å²) >= 11 is 0. The molecule has 0 saturated heterocycles. The number of aromatic nitrogens is 2. The minimum atomic E-state index is -0.0885. The summed E-state index contributed by atoms with van der Waals surface area (Å²) in [6.07, 6.45) is 3.69. The van der Waals surface area contributed by atoms with Crippen molar-refractivity contribution in [1.82, 2.24) is 14.7 Å². The van der Waals surface area contributed by atoms with Gasteiger partial charge in [-0.3, -0.25) is 4.79 Å². The number of para-hydroxylation sites is 1. The molecule has 1 N–H and O–H groups in total. The Morgan fingerprint density at radius 3 is 2.70 bits per heavy atom. The molecule has 0 aliphatic rings. The SMILES string of the molecule is COc1ccccc1-c1cn2cc(C(=O)NC(C)C)ccc2n1. The zero-order chi connectivity index (χ0) is 16.4. The number of ether oxygens (including phenoxy) is 1. The van der Waals surface area contributed by atoms with Gasteiger partial charge >= 0.3 is 0 Å². The molecule has 23 heavy (non-hydrogen) atoms. The topological polar surface area (TPSA) is 55.6 Å². The van der Waals surface area contributed by atoms with E-state index in [0.29, 0.717) is 5.56 Å². The van der Waals surface area contributed by atoms with Crippen LogP contribution in [0.2, 0.25) is 0 Å². The van der Waals surface area contributed by atoms with Crippen molar-refractivity contribution in [2.24, 2.45) is 0 Å². The van der Waals surface area contributed by atoms with Gasteiger partial charge in [-0.25, -0.2) is 4.98 Å². The molecule has 1 amide bonds. The summed E-state index contributed by atoms with van der Waals surface area (Å²) in [6.45, 7) is 3.88. The minimum Gasteiger partial charge on any atom is -0.496 e. The Bertz CT molecular complexity index is 852. The first kappa shape index (κ1) is 15.1. The summed E-state index contributed by atoms with van der Waals surface area (Å²) in [5, 5.41) is 2.89. The predicted molar refractivity (Wildman–Crippen MR) is 89.8 cm³/mol. The fourth-order valence-corrected chi connectivity index (χ4v) is 2.46. The number of imidazole rings is 1. The number of hydrogen-bond acceptors (Lipinski definition) is 3. The number of benzene rings is 1. The third-order valence-electron chi connectivity index (χ3n) is 3.52. The number of amides is 1. The van der Waals surface area contributed by atoms with E-state index < -0.39 is 0 Å². The number of carbonyl (C=O) groups is 1. The van der Waals surface area contributed by atoms with Gasteiger partial charge in [-0.05, 0) is 38.1 Å². The van der Waals surface area contributed by atoms with E-state index in [4.69, 9.17) is 4.74 Å². The summed E-state index contributed by atoms with van der Waals surface area (Å²) in [5.74, 6) is 0.683. The highest BCUT2D eigenvalue weighted by molar-refractivity contribution is 5.94. The third kappa shape index (κ3) is 3.04. The zero-order valence-electron chi connectivity index (χ0n) is 13.4. The van der Waals surface area contributed by atoms with Gasteiger partial charge in [0.2, 0.25) is 0 Å². The van der Waals surface area contributed by atoms with Crippen LogP contribution in [0.25, 0.3) is 16.9 Å². The monoisotopic (exact) mass is 309 g/mol. The molecule has 0 atom stereocenters. The zero-order valence-corrected chi connectivity index (χ0v) is 13.4. The van der Waals surface area contributed by atoms with Gasteiger partial charge in [-0.2, -0.15) is 0 Å². The average molecular weight is 309 g/mol. The first-order valence-electron chi connectivity index (χ1n) is 7.51. The molecular formula is C18H19N3O2. The van der Waals surface area contributed by atoms with Gasteiger partial charge in [-0.15, -0.1) is 0 Å².